The van der Waals surface area contributed by atoms with E-state index in [0.717, 1.165) is 16.2 Å². The molecule has 0 aromatic heterocycles. The number of carbonyl (C=O) groups excluding carboxylic acids is 1. The van der Waals surface area contributed by atoms with Crippen LogP contribution in [0, 0.1) is 0 Å². The van der Waals surface area contributed by atoms with Gasteiger partial charge in [0.2, 0.25) is 0 Å². The molecule has 1 aromatic carbocycles. The Morgan fingerprint density at radius 1 is 1.05 bits per heavy atom. The van der Waals surface area contributed by atoms with Gasteiger partial charge in [0.1, 0.15) is 6.54 Å². The Morgan fingerprint density at radius 3 is 2.05 bits per heavy atom. The summed E-state index contributed by atoms with van der Waals surface area (Å²) in [6.07, 6.45) is 0.389. The quantitative estimate of drug-likeness (QED) is 0.732. The second-order valence-electron chi connectivity index (χ2n) is 4.74. The van der Waals surface area contributed by atoms with Crippen molar-refractivity contribution < 1.29 is 24.6 Å². The van der Waals surface area contributed by atoms with Gasteiger partial charge < -0.3 is 20.0 Å². The van der Waals surface area contributed by atoms with Crippen molar-refractivity contribution in [3.8, 4) is 0 Å². The van der Waals surface area contributed by atoms with Gasteiger partial charge in [-0.1, -0.05) is 12.1 Å². The number of rotatable bonds is 6. The number of benzene rings is 1. The van der Waals surface area contributed by atoms with Crippen LogP contribution in [0.3, 0.4) is 0 Å². The van der Waals surface area contributed by atoms with Crippen molar-refractivity contribution >= 4 is 23.5 Å². The highest BCUT2D eigenvalue weighted by Gasteiger charge is 2.22. The third kappa shape index (κ3) is 5.13. The average Bonchev–Trinajstić information content (AvgIpc) is 2.42. The number of hydrogen-bond donors (Lipinski definition) is 2. The van der Waals surface area contributed by atoms with Crippen LogP contribution >= 0.6 is 0 Å². The number of aliphatic carboxylic acids is 2. The van der Waals surface area contributed by atoms with Crippen LogP contribution in [0.5, 0.6) is 0 Å². The molecule has 0 atom stereocenters. The number of carboxylic acid groups (broad SMARTS) is 2. The van der Waals surface area contributed by atoms with Crippen molar-refractivity contribution in [2.45, 2.75) is 6.42 Å². The van der Waals surface area contributed by atoms with Gasteiger partial charge in [-0.2, -0.15) is 0 Å². The van der Waals surface area contributed by atoms with Crippen molar-refractivity contribution in [1.29, 1.82) is 0 Å². The Morgan fingerprint density at radius 2 is 1.62 bits per heavy atom. The summed E-state index contributed by atoms with van der Waals surface area (Å²) in [5, 5.41) is 17.4. The third-order valence-corrected chi connectivity index (χ3v) is 2.92. The van der Waals surface area contributed by atoms with Gasteiger partial charge >= 0.3 is 17.8 Å². The predicted octanol–water partition coefficient (Wildman–Crippen LogP) is 0.293. The number of hydrogen-bond acceptors (Lipinski definition) is 4. The first-order valence-corrected chi connectivity index (χ1v) is 6.31. The van der Waals surface area contributed by atoms with E-state index >= 15 is 0 Å². The maximum atomic E-state index is 11.4. The Labute approximate surface area is 122 Å². The summed E-state index contributed by atoms with van der Waals surface area (Å²) >= 11 is 0. The molecule has 1 amide bonds. The zero-order chi connectivity index (χ0) is 16.0. The molecule has 1 aromatic rings. The molecule has 0 aliphatic carbocycles. The number of carbonyl (C=O) groups is 3. The molecular formula is C14H18N2O5. The largest absolute Gasteiger partial charge is 0.480 e. The summed E-state index contributed by atoms with van der Waals surface area (Å²) in [4.78, 5) is 35.5. The minimum Gasteiger partial charge on any atom is -0.480 e. The summed E-state index contributed by atoms with van der Waals surface area (Å²) in [6.45, 7) is -0.584. The Balaban J connectivity index is 2.69. The first kappa shape index (κ1) is 16.5. The molecule has 0 bridgehead atoms. The summed E-state index contributed by atoms with van der Waals surface area (Å²) in [6, 6.07) is 7.52. The van der Waals surface area contributed by atoms with E-state index in [2.05, 4.69) is 0 Å². The van der Waals surface area contributed by atoms with Crippen LogP contribution in [0.25, 0.3) is 0 Å². The van der Waals surface area contributed by atoms with Crippen molar-refractivity contribution in [3.63, 3.8) is 0 Å². The van der Waals surface area contributed by atoms with Crippen LogP contribution in [-0.4, -0.2) is 60.1 Å². The number of anilines is 1. The molecule has 0 unspecified atom stereocenters. The highest BCUT2D eigenvalue weighted by Crippen LogP contribution is 2.12. The van der Waals surface area contributed by atoms with E-state index in [1.54, 1.807) is 0 Å². The number of carboxylic acids is 2. The molecule has 1 rings (SSSR count). The van der Waals surface area contributed by atoms with E-state index in [0.29, 0.717) is 6.42 Å². The van der Waals surface area contributed by atoms with E-state index in [1.165, 1.54) is 0 Å². The second-order valence-corrected chi connectivity index (χ2v) is 4.74. The topological polar surface area (TPSA) is 98.2 Å². The molecule has 0 saturated carbocycles. The lowest BCUT2D eigenvalue weighted by atomic mass is 10.1. The third-order valence-electron chi connectivity index (χ3n) is 2.92. The molecule has 2 N–H and O–H groups in total. The highest BCUT2D eigenvalue weighted by atomic mass is 16.4. The van der Waals surface area contributed by atoms with Crippen molar-refractivity contribution in [1.82, 2.24) is 4.90 Å². The van der Waals surface area contributed by atoms with Crippen LogP contribution in [0.2, 0.25) is 0 Å². The zero-order valence-electron chi connectivity index (χ0n) is 11.9. The van der Waals surface area contributed by atoms with E-state index in [1.807, 2.05) is 43.3 Å². The van der Waals surface area contributed by atoms with Crippen molar-refractivity contribution in [2.24, 2.45) is 0 Å². The van der Waals surface area contributed by atoms with Gasteiger partial charge in [-0.15, -0.1) is 0 Å². The summed E-state index contributed by atoms with van der Waals surface area (Å²) in [7, 11) is 3.82. The van der Waals surface area contributed by atoms with Gasteiger partial charge in [0.05, 0.1) is 0 Å². The normalized spacial score (nSPS) is 10.0. The monoisotopic (exact) mass is 294 g/mol. The predicted molar refractivity (Wildman–Crippen MR) is 76.3 cm³/mol. The van der Waals surface area contributed by atoms with Crippen molar-refractivity contribution in [3.05, 3.63) is 29.8 Å². The molecule has 0 fully saturated rings. The van der Waals surface area contributed by atoms with Gasteiger partial charge in [0.25, 0.3) is 0 Å². The first-order chi connectivity index (χ1) is 9.81. The first-order valence-electron chi connectivity index (χ1n) is 6.31. The van der Waals surface area contributed by atoms with Gasteiger partial charge in [-0.25, -0.2) is 4.79 Å². The Bertz CT molecular complexity index is 525. The van der Waals surface area contributed by atoms with E-state index in [4.69, 9.17) is 10.2 Å². The molecule has 0 spiro atoms. The minimum atomic E-state index is -1.65. The lowest BCUT2D eigenvalue weighted by Crippen LogP contribution is -2.41. The summed E-state index contributed by atoms with van der Waals surface area (Å²) < 4.78 is 0. The lowest BCUT2D eigenvalue weighted by molar-refractivity contribution is -0.157. The van der Waals surface area contributed by atoms with Gasteiger partial charge in [-0.05, 0) is 24.1 Å². The Kier molecular flexibility index (Phi) is 5.71. The highest BCUT2D eigenvalue weighted by molar-refractivity contribution is 6.31. The van der Waals surface area contributed by atoms with E-state index in [-0.39, 0.29) is 6.54 Å². The van der Waals surface area contributed by atoms with Gasteiger partial charge in [0, 0.05) is 26.3 Å². The number of nitrogens with zero attached hydrogens (tertiary/aromatic N) is 2. The number of amides is 1. The molecule has 7 heteroatoms. The molecule has 114 valence electrons. The standard InChI is InChI=1S/C14H18N2O5/c1-15(2)11-5-3-10(4-6-11)7-8-16(9-12(17)18)13(19)14(20)21/h3-6H,7-9H2,1-2H3,(H,17,18)(H,20,21). The Hall–Kier alpha value is -2.57. The van der Waals surface area contributed by atoms with Crippen LogP contribution < -0.4 is 4.90 Å². The maximum absolute atomic E-state index is 11.4. The lowest BCUT2D eigenvalue weighted by Gasteiger charge is -2.18. The molecule has 0 aliphatic rings. The fraction of sp³-hybridized carbons (Fsp3) is 0.357. The molecular weight excluding hydrogens is 276 g/mol. The summed E-state index contributed by atoms with van der Waals surface area (Å²) in [5.41, 5.74) is 1.91. The maximum Gasteiger partial charge on any atom is 0.394 e. The van der Waals surface area contributed by atoms with E-state index in [9.17, 15) is 14.4 Å². The summed E-state index contributed by atoms with van der Waals surface area (Å²) in [5.74, 6) is -4.10. The smallest absolute Gasteiger partial charge is 0.394 e. The minimum absolute atomic E-state index is 0.0404. The fourth-order valence-corrected chi connectivity index (χ4v) is 1.78. The molecule has 7 nitrogen and oxygen atoms in total. The van der Waals surface area contributed by atoms with Crippen LogP contribution in [0.4, 0.5) is 5.69 Å². The van der Waals surface area contributed by atoms with Crippen LogP contribution in [0.15, 0.2) is 24.3 Å². The van der Waals surface area contributed by atoms with Crippen LogP contribution in [-0.2, 0) is 20.8 Å². The molecule has 0 radical (unpaired) electrons. The SMILES string of the molecule is CN(C)c1ccc(CCN(CC(=O)O)C(=O)C(=O)O)cc1. The molecule has 0 saturated heterocycles. The fourth-order valence-electron chi connectivity index (χ4n) is 1.78. The molecule has 0 heterocycles. The average molecular weight is 294 g/mol. The second kappa shape index (κ2) is 7.28. The van der Waals surface area contributed by atoms with Crippen molar-refractivity contribution in [2.75, 3.05) is 32.1 Å². The molecule has 21 heavy (non-hydrogen) atoms. The zero-order valence-corrected chi connectivity index (χ0v) is 11.9. The van der Waals surface area contributed by atoms with Gasteiger partial charge in [0.15, 0.2) is 0 Å². The van der Waals surface area contributed by atoms with E-state index < -0.39 is 24.4 Å². The van der Waals surface area contributed by atoms with Gasteiger partial charge in [-0.3, -0.25) is 9.59 Å². The molecule has 0 aliphatic heterocycles. The van der Waals surface area contributed by atoms with Crippen LogP contribution in [0.1, 0.15) is 5.56 Å².